The third-order valence-electron chi connectivity index (χ3n) is 3.24. The van der Waals surface area contributed by atoms with E-state index in [4.69, 9.17) is 0 Å². The van der Waals surface area contributed by atoms with Crippen molar-refractivity contribution in [1.29, 1.82) is 0 Å². The smallest absolute Gasteiger partial charge is 0.0652 e. The van der Waals surface area contributed by atoms with Gasteiger partial charge in [0.1, 0.15) is 0 Å². The summed E-state index contributed by atoms with van der Waals surface area (Å²) in [6.07, 6.45) is 2.16. The Balaban J connectivity index is 2.85. The molecule has 1 atom stereocenters. The molecule has 1 aromatic rings. The van der Waals surface area contributed by atoms with Crippen molar-refractivity contribution in [3.8, 4) is 0 Å². The van der Waals surface area contributed by atoms with Crippen molar-refractivity contribution >= 4 is 0 Å². The van der Waals surface area contributed by atoms with Crippen LogP contribution in [-0.4, -0.2) is 17.8 Å². The second-order valence-electron chi connectivity index (χ2n) is 4.51. The van der Waals surface area contributed by atoms with Crippen LogP contribution in [0.2, 0.25) is 0 Å². The third-order valence-corrected chi connectivity index (χ3v) is 3.24. The maximum atomic E-state index is 9.62. The fraction of sp³-hybridized carbons (Fsp3) is 0.571. The molecule has 1 rings (SSSR count). The minimum Gasteiger partial charge on any atom is -0.394 e. The first-order valence-corrected chi connectivity index (χ1v) is 6.10. The van der Waals surface area contributed by atoms with Crippen LogP contribution < -0.4 is 5.32 Å². The van der Waals surface area contributed by atoms with Gasteiger partial charge in [-0.3, -0.25) is 0 Å². The molecule has 0 aromatic heterocycles. The van der Waals surface area contributed by atoms with Gasteiger partial charge in [-0.15, -0.1) is 0 Å². The Morgan fingerprint density at radius 2 is 1.75 bits per heavy atom. The summed E-state index contributed by atoms with van der Waals surface area (Å²) >= 11 is 0. The van der Waals surface area contributed by atoms with Crippen LogP contribution in [0.25, 0.3) is 0 Å². The molecule has 0 heterocycles. The summed E-state index contributed by atoms with van der Waals surface area (Å²) in [5.41, 5.74) is 0.808. The highest BCUT2D eigenvalue weighted by Crippen LogP contribution is 2.21. The normalized spacial score (nSPS) is 15.1. The highest BCUT2D eigenvalue weighted by molar-refractivity contribution is 5.23. The average Bonchev–Trinajstić information content (AvgIpc) is 2.36. The van der Waals surface area contributed by atoms with Gasteiger partial charge in [-0.2, -0.15) is 0 Å². The quantitative estimate of drug-likeness (QED) is 0.774. The predicted molar refractivity (Wildman–Crippen MR) is 68.4 cm³/mol. The monoisotopic (exact) mass is 221 g/mol. The lowest BCUT2D eigenvalue weighted by molar-refractivity contribution is 0.158. The van der Waals surface area contributed by atoms with Crippen LogP contribution in [0.3, 0.4) is 0 Å². The summed E-state index contributed by atoms with van der Waals surface area (Å²) in [6, 6.07) is 10.6. The molecule has 0 radical (unpaired) electrons. The van der Waals surface area contributed by atoms with Crippen molar-refractivity contribution in [3.05, 3.63) is 35.9 Å². The zero-order valence-corrected chi connectivity index (χ0v) is 10.5. The molecule has 1 aromatic carbocycles. The number of aliphatic hydroxyl groups is 1. The van der Waals surface area contributed by atoms with Gasteiger partial charge in [-0.1, -0.05) is 44.2 Å². The SMILES string of the molecule is CCC(CC)NC(C)(CO)c1ccccc1. The topological polar surface area (TPSA) is 32.3 Å². The van der Waals surface area contributed by atoms with E-state index >= 15 is 0 Å². The van der Waals surface area contributed by atoms with Crippen molar-refractivity contribution in [2.45, 2.75) is 45.2 Å². The summed E-state index contributed by atoms with van der Waals surface area (Å²) in [5, 5.41) is 13.2. The van der Waals surface area contributed by atoms with Crippen molar-refractivity contribution in [1.82, 2.24) is 5.32 Å². The van der Waals surface area contributed by atoms with E-state index in [0.717, 1.165) is 18.4 Å². The molecule has 0 saturated heterocycles. The molecular weight excluding hydrogens is 198 g/mol. The molecule has 0 amide bonds. The Morgan fingerprint density at radius 1 is 1.19 bits per heavy atom. The van der Waals surface area contributed by atoms with E-state index < -0.39 is 0 Å². The number of benzene rings is 1. The van der Waals surface area contributed by atoms with E-state index in [9.17, 15) is 5.11 Å². The van der Waals surface area contributed by atoms with Crippen molar-refractivity contribution in [3.63, 3.8) is 0 Å². The molecule has 1 unspecified atom stereocenters. The summed E-state index contributed by atoms with van der Waals surface area (Å²) in [7, 11) is 0. The van der Waals surface area contributed by atoms with Crippen molar-refractivity contribution in [2.24, 2.45) is 0 Å². The van der Waals surface area contributed by atoms with Gasteiger partial charge in [0.25, 0.3) is 0 Å². The molecule has 0 aliphatic rings. The first-order valence-electron chi connectivity index (χ1n) is 6.10. The van der Waals surface area contributed by atoms with Crippen molar-refractivity contribution in [2.75, 3.05) is 6.61 Å². The largest absolute Gasteiger partial charge is 0.394 e. The standard InChI is InChI=1S/C14H23NO/c1-4-13(5-2)15-14(3,11-16)12-9-7-6-8-10-12/h6-10,13,15-16H,4-5,11H2,1-3H3. The van der Waals surface area contributed by atoms with E-state index in [1.54, 1.807) is 0 Å². The van der Waals surface area contributed by atoms with E-state index in [1.807, 2.05) is 18.2 Å². The summed E-state index contributed by atoms with van der Waals surface area (Å²) in [5.74, 6) is 0. The minimum absolute atomic E-state index is 0.119. The maximum Gasteiger partial charge on any atom is 0.0652 e. The molecule has 0 aliphatic carbocycles. The Morgan fingerprint density at radius 3 is 2.19 bits per heavy atom. The highest BCUT2D eigenvalue weighted by atomic mass is 16.3. The second-order valence-corrected chi connectivity index (χ2v) is 4.51. The first kappa shape index (κ1) is 13.2. The molecule has 0 aliphatic heterocycles. The lowest BCUT2D eigenvalue weighted by Gasteiger charge is -2.33. The molecular formula is C14H23NO. The molecule has 0 spiro atoms. The number of hydrogen-bond acceptors (Lipinski definition) is 2. The van der Waals surface area contributed by atoms with Gasteiger partial charge in [0.05, 0.1) is 12.1 Å². The molecule has 16 heavy (non-hydrogen) atoms. The number of aliphatic hydroxyl groups excluding tert-OH is 1. The Bertz CT molecular complexity index is 295. The van der Waals surface area contributed by atoms with Gasteiger partial charge in [-0.05, 0) is 25.3 Å². The van der Waals surface area contributed by atoms with E-state index in [2.05, 4.69) is 38.2 Å². The van der Waals surface area contributed by atoms with Crippen LogP contribution in [0.1, 0.15) is 39.2 Å². The van der Waals surface area contributed by atoms with Crippen LogP contribution in [-0.2, 0) is 5.54 Å². The van der Waals surface area contributed by atoms with Crippen LogP contribution in [0.15, 0.2) is 30.3 Å². The first-order chi connectivity index (χ1) is 7.66. The molecule has 2 nitrogen and oxygen atoms in total. The molecule has 2 heteroatoms. The Hall–Kier alpha value is -0.860. The third kappa shape index (κ3) is 3.06. The molecule has 0 fully saturated rings. The number of hydrogen-bond donors (Lipinski definition) is 2. The summed E-state index contributed by atoms with van der Waals surface area (Å²) in [6.45, 7) is 6.52. The average molecular weight is 221 g/mol. The van der Waals surface area contributed by atoms with Gasteiger partial charge in [0, 0.05) is 6.04 Å². The zero-order valence-electron chi connectivity index (χ0n) is 10.5. The molecule has 0 bridgehead atoms. The summed E-state index contributed by atoms with van der Waals surface area (Å²) < 4.78 is 0. The van der Waals surface area contributed by atoms with Gasteiger partial charge in [0.2, 0.25) is 0 Å². The summed E-state index contributed by atoms with van der Waals surface area (Å²) in [4.78, 5) is 0. The lowest BCUT2D eigenvalue weighted by Crippen LogP contribution is -2.48. The van der Waals surface area contributed by atoms with Gasteiger partial charge in [-0.25, -0.2) is 0 Å². The number of nitrogens with one attached hydrogen (secondary N) is 1. The minimum atomic E-state index is -0.335. The fourth-order valence-electron chi connectivity index (χ4n) is 1.97. The van der Waals surface area contributed by atoms with Gasteiger partial charge >= 0.3 is 0 Å². The van der Waals surface area contributed by atoms with Crippen LogP contribution in [0.4, 0.5) is 0 Å². The van der Waals surface area contributed by atoms with Crippen LogP contribution in [0, 0.1) is 0 Å². The van der Waals surface area contributed by atoms with E-state index in [0.29, 0.717) is 6.04 Å². The highest BCUT2D eigenvalue weighted by Gasteiger charge is 2.27. The van der Waals surface area contributed by atoms with Gasteiger partial charge in [0.15, 0.2) is 0 Å². The van der Waals surface area contributed by atoms with Crippen LogP contribution in [0.5, 0.6) is 0 Å². The Kier molecular flexibility index (Phi) is 4.97. The van der Waals surface area contributed by atoms with E-state index in [-0.39, 0.29) is 12.1 Å². The number of rotatable bonds is 6. The molecule has 0 saturated carbocycles. The molecule has 2 N–H and O–H groups in total. The zero-order chi connectivity index (χ0) is 12.0. The van der Waals surface area contributed by atoms with E-state index in [1.165, 1.54) is 0 Å². The maximum absolute atomic E-state index is 9.62. The fourth-order valence-corrected chi connectivity index (χ4v) is 1.97. The van der Waals surface area contributed by atoms with Crippen molar-refractivity contribution < 1.29 is 5.11 Å². The molecule has 90 valence electrons. The second kappa shape index (κ2) is 6.02. The Labute approximate surface area is 98.7 Å². The lowest BCUT2D eigenvalue weighted by atomic mass is 9.91. The predicted octanol–water partition coefficient (Wildman–Crippen LogP) is 2.67. The van der Waals surface area contributed by atoms with Crippen LogP contribution >= 0.6 is 0 Å². The van der Waals surface area contributed by atoms with Gasteiger partial charge < -0.3 is 10.4 Å².